The first-order valence-electron chi connectivity index (χ1n) is 14.8. The Bertz CT molecular complexity index is 1160. The van der Waals surface area contributed by atoms with Crippen LogP contribution in [-0.2, 0) is 35.1 Å². The summed E-state index contributed by atoms with van der Waals surface area (Å²) in [5, 5.41) is 8.13. The van der Waals surface area contributed by atoms with Crippen LogP contribution in [0, 0.1) is 5.92 Å². The van der Waals surface area contributed by atoms with E-state index in [1.165, 1.54) is 14.0 Å². The number of amides is 3. The van der Waals surface area contributed by atoms with Gasteiger partial charge in [0.15, 0.2) is 5.78 Å². The van der Waals surface area contributed by atoms with Crippen LogP contribution in [0.4, 0.5) is 8.78 Å². The van der Waals surface area contributed by atoms with E-state index >= 15 is 0 Å². The van der Waals surface area contributed by atoms with Crippen LogP contribution in [0.15, 0.2) is 24.3 Å². The molecule has 4 unspecified atom stereocenters. The van der Waals surface area contributed by atoms with Gasteiger partial charge in [0.05, 0.1) is 39.5 Å². The molecule has 3 fully saturated rings. The molecule has 1 aromatic carbocycles. The molecular formula is C30H42F2N4O7. The molecule has 1 aliphatic carbocycles. The number of carbonyl (C=O) groups excluding carboxylic acids is 4. The molecule has 0 spiro atoms. The van der Waals surface area contributed by atoms with Crippen LogP contribution >= 0.6 is 0 Å². The number of morpholine rings is 1. The lowest BCUT2D eigenvalue weighted by Crippen LogP contribution is -2.57. The van der Waals surface area contributed by atoms with Crippen LogP contribution in [0.25, 0.3) is 0 Å². The fourth-order valence-electron chi connectivity index (χ4n) is 5.52. The Morgan fingerprint density at radius 2 is 1.70 bits per heavy atom. The first kappa shape index (κ1) is 32.7. The fourth-order valence-corrected chi connectivity index (χ4v) is 5.52. The monoisotopic (exact) mass is 608 g/mol. The van der Waals surface area contributed by atoms with E-state index in [4.69, 9.17) is 14.2 Å². The lowest BCUT2D eigenvalue weighted by atomic mass is 9.90. The van der Waals surface area contributed by atoms with Crippen LogP contribution in [-0.4, -0.2) is 105 Å². The number of epoxide rings is 1. The first-order chi connectivity index (χ1) is 20.4. The predicted molar refractivity (Wildman–Crippen MR) is 152 cm³/mol. The molecule has 2 heterocycles. The molecule has 1 aromatic rings. The molecule has 4 rings (SSSR count). The van der Waals surface area contributed by atoms with Crippen molar-refractivity contribution in [3.05, 3.63) is 29.8 Å². The highest BCUT2D eigenvalue weighted by Crippen LogP contribution is 2.41. The number of benzene rings is 1. The molecule has 0 radical (unpaired) electrons. The fraction of sp³-hybridized carbons (Fsp3) is 0.667. The van der Waals surface area contributed by atoms with E-state index in [-0.39, 0.29) is 56.9 Å². The Labute approximate surface area is 250 Å². The topological polar surface area (TPSA) is 139 Å². The SMILES string of the molecule is COc1ccc(CC(NC(=O)C(C)NC(=O)CN2CCOCC2)C(=O)NC(C[C@H]2CCC(F)(F)C2)C(=O)C2(C)CO2)cc1. The quantitative estimate of drug-likeness (QED) is 0.268. The zero-order valence-electron chi connectivity index (χ0n) is 25.0. The molecule has 3 N–H and O–H groups in total. The van der Waals surface area contributed by atoms with Crippen LogP contribution in [0.2, 0.25) is 0 Å². The van der Waals surface area contributed by atoms with Gasteiger partial charge in [-0.05, 0) is 50.3 Å². The lowest BCUT2D eigenvalue weighted by Gasteiger charge is -2.27. The highest BCUT2D eigenvalue weighted by atomic mass is 19.3. The summed E-state index contributed by atoms with van der Waals surface area (Å²) >= 11 is 0. The van der Waals surface area contributed by atoms with E-state index in [1.54, 1.807) is 31.2 Å². The van der Waals surface area contributed by atoms with Gasteiger partial charge in [-0.2, -0.15) is 0 Å². The molecule has 11 nitrogen and oxygen atoms in total. The third-order valence-electron chi connectivity index (χ3n) is 8.28. The summed E-state index contributed by atoms with van der Waals surface area (Å²) in [5.41, 5.74) is -0.367. The van der Waals surface area contributed by atoms with Gasteiger partial charge in [-0.15, -0.1) is 0 Å². The molecule has 5 atom stereocenters. The number of hydrogen-bond acceptors (Lipinski definition) is 8. The van der Waals surface area contributed by atoms with Gasteiger partial charge in [-0.1, -0.05) is 12.1 Å². The van der Waals surface area contributed by atoms with Crippen molar-refractivity contribution in [3.63, 3.8) is 0 Å². The maximum absolute atomic E-state index is 13.9. The second-order valence-electron chi connectivity index (χ2n) is 11.9. The van der Waals surface area contributed by atoms with Crippen molar-refractivity contribution in [1.82, 2.24) is 20.9 Å². The Morgan fingerprint density at radius 1 is 1.05 bits per heavy atom. The van der Waals surface area contributed by atoms with Gasteiger partial charge in [-0.3, -0.25) is 24.1 Å². The first-order valence-corrected chi connectivity index (χ1v) is 14.8. The van der Waals surface area contributed by atoms with E-state index < -0.39 is 47.4 Å². The highest BCUT2D eigenvalue weighted by molar-refractivity contribution is 5.98. The number of halogens is 2. The standard InChI is InChI=1S/C30H42F2N4O7/c1-19(33-25(37)17-36-10-12-42-13-11-36)27(39)35-24(14-20-4-6-22(41-3)7-5-20)28(40)34-23(26(38)29(2)18-43-29)15-21-8-9-30(31,32)16-21/h4-7,19,21,23-24H,8-18H2,1-3H3,(H,33,37)(H,34,40)(H,35,39)/t19?,21-,23?,24?,29?/m1/s1. The van der Waals surface area contributed by atoms with Gasteiger partial charge >= 0.3 is 0 Å². The number of alkyl halides is 2. The Hall–Kier alpha value is -3.16. The smallest absolute Gasteiger partial charge is 0.248 e. The number of hydrogen-bond donors (Lipinski definition) is 3. The molecular weight excluding hydrogens is 566 g/mol. The molecule has 2 aliphatic heterocycles. The van der Waals surface area contributed by atoms with Gasteiger partial charge in [0.1, 0.15) is 23.4 Å². The van der Waals surface area contributed by atoms with E-state index in [1.807, 2.05) is 4.90 Å². The molecule has 1 saturated carbocycles. The summed E-state index contributed by atoms with van der Waals surface area (Å²) in [7, 11) is 1.53. The average molecular weight is 609 g/mol. The second-order valence-corrected chi connectivity index (χ2v) is 11.9. The summed E-state index contributed by atoms with van der Waals surface area (Å²) in [6.07, 6.45) is -0.232. The third-order valence-corrected chi connectivity index (χ3v) is 8.28. The number of methoxy groups -OCH3 is 1. The lowest BCUT2D eigenvalue weighted by molar-refractivity contribution is -0.134. The van der Waals surface area contributed by atoms with Crippen molar-refractivity contribution in [2.45, 2.75) is 75.6 Å². The van der Waals surface area contributed by atoms with Crippen LogP contribution in [0.1, 0.15) is 45.1 Å². The van der Waals surface area contributed by atoms with E-state index in [2.05, 4.69) is 16.0 Å². The Morgan fingerprint density at radius 3 is 2.28 bits per heavy atom. The summed E-state index contributed by atoms with van der Waals surface area (Å²) in [6.45, 7) is 5.71. The molecule has 0 bridgehead atoms. The van der Waals surface area contributed by atoms with Crippen molar-refractivity contribution in [3.8, 4) is 5.75 Å². The van der Waals surface area contributed by atoms with E-state index in [0.717, 1.165) is 0 Å². The van der Waals surface area contributed by atoms with Crippen molar-refractivity contribution in [2.24, 2.45) is 5.92 Å². The van der Waals surface area contributed by atoms with Crippen molar-refractivity contribution in [2.75, 3.05) is 46.6 Å². The summed E-state index contributed by atoms with van der Waals surface area (Å²) < 4.78 is 43.7. The molecule has 0 aromatic heterocycles. The maximum atomic E-state index is 13.9. The highest BCUT2D eigenvalue weighted by Gasteiger charge is 2.51. The number of nitrogens with zero attached hydrogens (tertiary/aromatic N) is 1. The Balaban J connectivity index is 1.45. The number of nitrogens with one attached hydrogen (secondary N) is 3. The van der Waals surface area contributed by atoms with E-state index in [9.17, 15) is 28.0 Å². The van der Waals surface area contributed by atoms with Gasteiger partial charge in [0.2, 0.25) is 23.6 Å². The Kier molecular flexibility index (Phi) is 10.7. The minimum atomic E-state index is -2.80. The zero-order chi connectivity index (χ0) is 31.2. The molecule has 3 aliphatic rings. The van der Waals surface area contributed by atoms with Gasteiger partial charge < -0.3 is 30.2 Å². The van der Waals surface area contributed by atoms with Gasteiger partial charge in [0.25, 0.3) is 0 Å². The molecule has 238 valence electrons. The number of rotatable bonds is 14. The van der Waals surface area contributed by atoms with Crippen molar-refractivity contribution in [1.29, 1.82) is 0 Å². The molecule has 3 amide bonds. The van der Waals surface area contributed by atoms with Crippen LogP contribution in [0.5, 0.6) is 5.75 Å². The third kappa shape index (κ3) is 9.41. The van der Waals surface area contributed by atoms with Crippen molar-refractivity contribution < 1.29 is 42.2 Å². The number of Topliss-reactive ketones (excluding diaryl/α,β-unsaturated/α-hetero) is 1. The maximum Gasteiger partial charge on any atom is 0.248 e. The molecule has 13 heteroatoms. The number of carbonyl (C=O) groups is 4. The molecule has 43 heavy (non-hydrogen) atoms. The van der Waals surface area contributed by atoms with Gasteiger partial charge in [-0.25, -0.2) is 8.78 Å². The summed E-state index contributed by atoms with van der Waals surface area (Å²) in [6, 6.07) is 3.82. The zero-order valence-corrected chi connectivity index (χ0v) is 25.0. The second kappa shape index (κ2) is 14.1. The average Bonchev–Trinajstić information content (AvgIpc) is 3.64. The van der Waals surface area contributed by atoms with Crippen LogP contribution in [0.3, 0.4) is 0 Å². The minimum absolute atomic E-state index is 0.0519. The predicted octanol–water partition coefficient (Wildman–Crippen LogP) is 1.23. The van der Waals surface area contributed by atoms with E-state index in [0.29, 0.717) is 37.6 Å². The summed E-state index contributed by atoms with van der Waals surface area (Å²) in [5.74, 6) is -4.56. The normalized spacial score (nSPS) is 25.2. The number of ether oxygens (including phenoxy) is 3. The van der Waals surface area contributed by atoms with Crippen LogP contribution < -0.4 is 20.7 Å². The summed E-state index contributed by atoms with van der Waals surface area (Å²) in [4.78, 5) is 54.6. The molecule has 2 saturated heterocycles. The van der Waals surface area contributed by atoms with Crippen molar-refractivity contribution >= 4 is 23.5 Å². The minimum Gasteiger partial charge on any atom is -0.497 e. The van der Waals surface area contributed by atoms with Gasteiger partial charge in [0, 0.05) is 32.4 Å². The largest absolute Gasteiger partial charge is 0.497 e. The number of ketones is 1.